The van der Waals surface area contributed by atoms with Crippen molar-refractivity contribution < 1.29 is 67.0 Å². The van der Waals surface area contributed by atoms with Gasteiger partial charge in [-0.2, -0.15) is 26.3 Å². The molecule has 0 aromatic heterocycles. The van der Waals surface area contributed by atoms with Gasteiger partial charge in [0, 0.05) is 36.7 Å². The first-order valence-corrected chi connectivity index (χ1v) is 17.2. The fourth-order valence-electron chi connectivity index (χ4n) is 6.91. The van der Waals surface area contributed by atoms with E-state index in [-0.39, 0.29) is 31.2 Å². The highest BCUT2D eigenvalue weighted by Crippen LogP contribution is 2.55. The van der Waals surface area contributed by atoms with Crippen LogP contribution in [0.25, 0.3) is 0 Å². The molecule has 1 atom stereocenters. The maximum absolute atomic E-state index is 16.0. The Hall–Kier alpha value is -3.70. The van der Waals surface area contributed by atoms with Gasteiger partial charge in [-0.25, -0.2) is 26.0 Å². The van der Waals surface area contributed by atoms with Crippen molar-refractivity contribution in [3.05, 3.63) is 101 Å². The van der Waals surface area contributed by atoms with E-state index in [2.05, 4.69) is 4.74 Å². The van der Waals surface area contributed by atoms with E-state index < -0.39 is 109 Å². The molecule has 51 heavy (non-hydrogen) atoms. The van der Waals surface area contributed by atoms with E-state index in [1.807, 2.05) is 0 Å². The van der Waals surface area contributed by atoms with Crippen LogP contribution in [0.4, 0.5) is 43.9 Å². The minimum Gasteiger partial charge on any atom is -0.396 e. The number of hydrogen-bond acceptors (Lipinski definition) is 5. The summed E-state index contributed by atoms with van der Waals surface area (Å²) in [6, 6.07) is 6.08. The third-order valence-electron chi connectivity index (χ3n) is 9.80. The first kappa shape index (κ1) is 38.5. The lowest BCUT2D eigenvalue weighted by Gasteiger charge is -2.38. The zero-order valence-corrected chi connectivity index (χ0v) is 27.3. The molecule has 0 unspecified atom stereocenters. The first-order chi connectivity index (χ1) is 23.8. The standard InChI is InChI=1S/C34H31F10NO5S/c35-23-9-11-24(12-10-23)51(48,49)31(14-15-45(19-31)30(47)21-6-4-20(17-46)5-7-21)22-8-13-26(29(38)16-22)32(33(39,40)41,34(42,43)44)50-18-25-27(36)2-1-3-28(25)37/h1-3,8-13,16,20-21,46H,4-7,14-15,17-19H2/t20-,21-,31-/m0/s1. The molecule has 2 fully saturated rings. The molecule has 2 aliphatic rings. The van der Waals surface area contributed by atoms with E-state index in [1.54, 1.807) is 0 Å². The Morgan fingerprint density at radius 1 is 0.843 bits per heavy atom. The molecule has 3 aromatic rings. The number of carbonyl (C=O) groups is 1. The highest BCUT2D eigenvalue weighted by Gasteiger charge is 2.74. The monoisotopic (exact) mass is 755 g/mol. The molecule has 1 amide bonds. The average Bonchev–Trinajstić information content (AvgIpc) is 3.53. The summed E-state index contributed by atoms with van der Waals surface area (Å²) in [6.07, 6.45) is -11.6. The van der Waals surface area contributed by atoms with E-state index in [4.69, 9.17) is 0 Å². The quantitative estimate of drug-likeness (QED) is 0.181. The zero-order valence-electron chi connectivity index (χ0n) is 26.5. The van der Waals surface area contributed by atoms with Gasteiger partial charge in [0.2, 0.25) is 5.91 Å². The lowest BCUT2D eigenvalue weighted by Crippen LogP contribution is -2.56. The minimum atomic E-state index is -6.47. The SMILES string of the molecule is O=C([C@H]1CC[C@H](CO)CC1)N1CC[C@](c2ccc(C(OCc3c(F)cccc3F)(C(F)(F)F)C(F)(F)F)c(F)c2)(S(=O)(=O)c2ccc(F)cc2)C1. The number of likely N-dealkylation sites (tertiary alicyclic amines) is 1. The Morgan fingerprint density at radius 3 is 1.96 bits per heavy atom. The minimum absolute atomic E-state index is 0.0257. The number of benzene rings is 3. The van der Waals surface area contributed by atoms with Crippen LogP contribution in [-0.2, 0) is 36.3 Å². The molecule has 3 aromatic carbocycles. The normalized spacial score (nSPS) is 22.0. The Morgan fingerprint density at radius 2 is 1.43 bits per heavy atom. The average molecular weight is 756 g/mol. The van der Waals surface area contributed by atoms with Crippen molar-refractivity contribution in [2.45, 2.75) is 66.3 Å². The van der Waals surface area contributed by atoms with E-state index in [9.17, 15) is 57.8 Å². The number of amides is 1. The second-order valence-corrected chi connectivity index (χ2v) is 15.0. The number of hydrogen-bond donors (Lipinski definition) is 1. The number of nitrogens with zero attached hydrogens (tertiary/aromatic N) is 1. The summed E-state index contributed by atoms with van der Waals surface area (Å²) in [5, 5.41) is 9.44. The molecule has 17 heteroatoms. The smallest absolute Gasteiger partial charge is 0.396 e. The van der Waals surface area contributed by atoms with Gasteiger partial charge in [-0.3, -0.25) is 4.79 Å². The maximum atomic E-state index is 16.0. The number of ether oxygens (including phenoxy) is 1. The van der Waals surface area contributed by atoms with Gasteiger partial charge < -0.3 is 14.7 Å². The Kier molecular flexibility index (Phi) is 10.6. The Bertz CT molecular complexity index is 1820. The van der Waals surface area contributed by atoms with Crippen LogP contribution in [0.15, 0.2) is 65.6 Å². The number of alkyl halides is 6. The van der Waals surface area contributed by atoms with Gasteiger partial charge >= 0.3 is 12.4 Å². The summed E-state index contributed by atoms with van der Waals surface area (Å²) >= 11 is 0. The van der Waals surface area contributed by atoms with Crippen molar-refractivity contribution >= 4 is 15.7 Å². The number of sulfone groups is 1. The summed E-state index contributed by atoms with van der Waals surface area (Å²) in [7, 11) is -4.78. The van der Waals surface area contributed by atoms with Crippen molar-refractivity contribution in [3.8, 4) is 0 Å². The molecule has 6 nitrogen and oxygen atoms in total. The van der Waals surface area contributed by atoms with Crippen molar-refractivity contribution in [2.24, 2.45) is 11.8 Å². The van der Waals surface area contributed by atoms with Gasteiger partial charge in [-0.15, -0.1) is 0 Å². The topological polar surface area (TPSA) is 83.9 Å². The molecular formula is C34H31F10NO5S. The molecule has 1 saturated carbocycles. The van der Waals surface area contributed by atoms with Crippen LogP contribution >= 0.6 is 0 Å². The number of carbonyl (C=O) groups excluding carboxylic acids is 1. The first-order valence-electron chi connectivity index (χ1n) is 15.7. The van der Waals surface area contributed by atoms with Crippen LogP contribution in [0.2, 0.25) is 0 Å². The molecule has 1 aliphatic carbocycles. The van der Waals surface area contributed by atoms with Crippen LogP contribution in [0.5, 0.6) is 0 Å². The number of aliphatic hydroxyl groups excluding tert-OH is 1. The number of aliphatic hydroxyl groups is 1. The highest BCUT2D eigenvalue weighted by atomic mass is 32.2. The van der Waals surface area contributed by atoms with E-state index in [0.29, 0.717) is 43.9 Å². The molecule has 278 valence electrons. The van der Waals surface area contributed by atoms with Gasteiger partial charge in [0.15, 0.2) is 9.84 Å². The van der Waals surface area contributed by atoms with Crippen LogP contribution in [0, 0.1) is 35.1 Å². The molecule has 1 saturated heterocycles. The van der Waals surface area contributed by atoms with Gasteiger partial charge in [0.25, 0.3) is 5.60 Å². The molecule has 0 spiro atoms. The van der Waals surface area contributed by atoms with Crippen LogP contribution < -0.4 is 0 Å². The fraction of sp³-hybridized carbons (Fsp3) is 0.441. The lowest BCUT2D eigenvalue weighted by molar-refractivity contribution is -0.393. The summed E-state index contributed by atoms with van der Waals surface area (Å²) < 4.78 is 176. The van der Waals surface area contributed by atoms with E-state index in [0.717, 1.165) is 30.3 Å². The largest absolute Gasteiger partial charge is 0.430 e. The maximum Gasteiger partial charge on any atom is 0.430 e. The van der Waals surface area contributed by atoms with E-state index >= 15 is 4.39 Å². The van der Waals surface area contributed by atoms with Crippen LogP contribution in [0.1, 0.15) is 48.8 Å². The third-order valence-corrected chi connectivity index (χ3v) is 12.3. The van der Waals surface area contributed by atoms with Crippen molar-refractivity contribution in [1.82, 2.24) is 4.90 Å². The summed E-state index contributed by atoms with van der Waals surface area (Å²) in [5.41, 5.74) is -9.54. The molecule has 0 bridgehead atoms. The lowest BCUT2D eigenvalue weighted by atomic mass is 9.82. The summed E-state index contributed by atoms with van der Waals surface area (Å²) in [5.74, 6) is -7.16. The van der Waals surface area contributed by atoms with Gasteiger partial charge in [0.05, 0.1) is 11.5 Å². The van der Waals surface area contributed by atoms with Crippen LogP contribution in [-0.4, -0.2) is 56.4 Å². The summed E-state index contributed by atoms with van der Waals surface area (Å²) in [4.78, 5) is 14.2. The summed E-state index contributed by atoms with van der Waals surface area (Å²) in [6.45, 7) is -2.93. The number of halogens is 10. The number of rotatable bonds is 9. The van der Waals surface area contributed by atoms with Crippen molar-refractivity contribution in [3.63, 3.8) is 0 Å². The third kappa shape index (κ3) is 6.83. The molecule has 1 aliphatic heterocycles. The van der Waals surface area contributed by atoms with E-state index in [1.165, 1.54) is 4.90 Å². The van der Waals surface area contributed by atoms with Gasteiger partial charge in [-0.05, 0) is 86.1 Å². The Balaban J connectivity index is 1.61. The van der Waals surface area contributed by atoms with Gasteiger partial charge in [0.1, 0.15) is 28.0 Å². The fourth-order valence-corrected chi connectivity index (χ4v) is 8.98. The molecule has 0 radical (unpaired) electrons. The second kappa shape index (κ2) is 14.0. The second-order valence-electron chi connectivity index (χ2n) is 12.7. The predicted molar refractivity (Wildman–Crippen MR) is 160 cm³/mol. The van der Waals surface area contributed by atoms with Crippen molar-refractivity contribution in [1.29, 1.82) is 0 Å². The highest BCUT2D eigenvalue weighted by molar-refractivity contribution is 7.92. The van der Waals surface area contributed by atoms with Crippen molar-refractivity contribution in [2.75, 3.05) is 19.7 Å². The molecule has 5 rings (SSSR count). The predicted octanol–water partition coefficient (Wildman–Crippen LogP) is 7.48. The zero-order chi connectivity index (χ0) is 37.6. The van der Waals surface area contributed by atoms with Crippen LogP contribution in [0.3, 0.4) is 0 Å². The van der Waals surface area contributed by atoms with Gasteiger partial charge in [-0.1, -0.05) is 18.2 Å². The Labute approximate surface area is 285 Å². The molecule has 1 N–H and O–H groups in total. The molecular weight excluding hydrogens is 724 g/mol. The molecule has 1 heterocycles.